The highest BCUT2D eigenvalue weighted by Crippen LogP contribution is 2.44. The Morgan fingerprint density at radius 2 is 2.00 bits per heavy atom. The van der Waals surface area contributed by atoms with Gasteiger partial charge in [-0.3, -0.25) is 4.79 Å². The molecular formula is C20H16F2N4O2. The Kier molecular flexibility index (Phi) is 3.68. The predicted molar refractivity (Wildman–Crippen MR) is 95.6 cm³/mol. The van der Waals surface area contributed by atoms with Crippen molar-refractivity contribution < 1.29 is 18.0 Å². The van der Waals surface area contributed by atoms with E-state index < -0.39 is 17.7 Å². The fraction of sp³-hybridized carbons (Fsp3) is 0.250. The van der Waals surface area contributed by atoms with Crippen LogP contribution in [0.1, 0.15) is 41.9 Å². The number of aromatic nitrogens is 3. The number of rotatable bonds is 2. The van der Waals surface area contributed by atoms with E-state index in [9.17, 15) is 13.6 Å². The van der Waals surface area contributed by atoms with Crippen LogP contribution in [0.3, 0.4) is 0 Å². The second kappa shape index (κ2) is 6.12. The Morgan fingerprint density at radius 1 is 1.21 bits per heavy atom. The van der Waals surface area contributed by atoms with Crippen molar-refractivity contribution in [2.75, 3.05) is 5.32 Å². The third kappa shape index (κ3) is 2.64. The number of halogens is 2. The van der Waals surface area contributed by atoms with Crippen molar-refractivity contribution in [2.24, 2.45) is 0 Å². The number of nitrogens with one attached hydrogen (secondary N) is 1. The summed E-state index contributed by atoms with van der Waals surface area (Å²) in [6, 6.07) is 6.17. The lowest BCUT2D eigenvalue weighted by molar-refractivity contribution is -0.117. The van der Waals surface area contributed by atoms with Crippen LogP contribution < -0.4 is 5.32 Å². The molecule has 0 unspecified atom stereocenters. The molecule has 2 atom stereocenters. The van der Waals surface area contributed by atoms with Crippen LogP contribution in [0, 0.1) is 18.6 Å². The van der Waals surface area contributed by atoms with Gasteiger partial charge in [0.15, 0.2) is 5.78 Å². The summed E-state index contributed by atoms with van der Waals surface area (Å²) in [6.07, 6.45) is 2.37. The van der Waals surface area contributed by atoms with Crippen LogP contribution in [0.2, 0.25) is 0 Å². The molecule has 1 aliphatic heterocycles. The number of allylic oxidation sites excluding steroid dienone is 2. The molecular weight excluding hydrogens is 366 g/mol. The molecule has 142 valence electrons. The molecule has 0 saturated carbocycles. The van der Waals surface area contributed by atoms with Crippen molar-refractivity contribution in [1.82, 2.24) is 14.8 Å². The minimum Gasteiger partial charge on any atom is -0.469 e. The van der Waals surface area contributed by atoms with Gasteiger partial charge in [-0.2, -0.15) is 10.1 Å². The highest BCUT2D eigenvalue weighted by atomic mass is 19.1. The fourth-order valence-electron chi connectivity index (χ4n) is 4.08. The quantitative estimate of drug-likeness (QED) is 0.728. The number of carbonyl (C=O) groups is 1. The average Bonchev–Trinajstić information content (AvgIpc) is 3.27. The van der Waals surface area contributed by atoms with E-state index in [1.54, 1.807) is 19.3 Å². The number of hydrogen-bond donors (Lipinski definition) is 1. The van der Waals surface area contributed by atoms with Gasteiger partial charge < -0.3 is 9.73 Å². The van der Waals surface area contributed by atoms with Crippen molar-refractivity contribution in [3.63, 3.8) is 0 Å². The van der Waals surface area contributed by atoms with Gasteiger partial charge in [0.1, 0.15) is 29.3 Å². The predicted octanol–water partition coefficient (Wildman–Crippen LogP) is 3.87. The first-order valence-electron chi connectivity index (χ1n) is 8.95. The van der Waals surface area contributed by atoms with Gasteiger partial charge in [0.25, 0.3) is 0 Å². The van der Waals surface area contributed by atoms with Crippen LogP contribution in [0.4, 0.5) is 14.7 Å². The van der Waals surface area contributed by atoms with Crippen LogP contribution in [0.25, 0.3) is 0 Å². The number of ketones is 1. The second-order valence-corrected chi connectivity index (χ2v) is 7.09. The lowest BCUT2D eigenvalue weighted by Gasteiger charge is -2.34. The minimum absolute atomic E-state index is 0.103. The average molecular weight is 382 g/mol. The zero-order chi connectivity index (χ0) is 19.4. The molecule has 1 aliphatic carbocycles. The Labute approximate surface area is 158 Å². The monoisotopic (exact) mass is 382 g/mol. The summed E-state index contributed by atoms with van der Waals surface area (Å²) in [4.78, 5) is 17.5. The van der Waals surface area contributed by atoms with Gasteiger partial charge in [-0.05, 0) is 43.2 Å². The molecule has 5 rings (SSSR count). The molecule has 6 nitrogen and oxygen atoms in total. The number of Topliss-reactive ketones (excluding diaryl/α,β-unsaturated/α-hetero) is 1. The standard InChI is InChI=1S/C20H16F2N4O2/c1-10-23-20-24-15-7-11(17-3-2-4-28-17)8-16(27)18(15)19(26(20)25-10)12-5-13(21)9-14(22)6-12/h2-6,9,11,19H,7-8H2,1H3,(H,23,24,25)/t11-,19+/m1/s1. The molecule has 3 aromatic rings. The first kappa shape index (κ1) is 16.9. The van der Waals surface area contributed by atoms with Gasteiger partial charge in [0.05, 0.1) is 6.26 Å². The van der Waals surface area contributed by atoms with E-state index >= 15 is 0 Å². The van der Waals surface area contributed by atoms with Gasteiger partial charge in [0.2, 0.25) is 5.95 Å². The van der Waals surface area contributed by atoms with Crippen LogP contribution >= 0.6 is 0 Å². The molecule has 0 spiro atoms. The maximum atomic E-state index is 13.9. The normalized spacial score (nSPS) is 21.3. The van der Waals surface area contributed by atoms with E-state index in [0.717, 1.165) is 11.8 Å². The lowest BCUT2D eigenvalue weighted by atomic mass is 9.79. The van der Waals surface area contributed by atoms with Gasteiger partial charge in [0, 0.05) is 29.7 Å². The maximum Gasteiger partial charge on any atom is 0.226 e. The molecule has 0 bridgehead atoms. The zero-order valence-electron chi connectivity index (χ0n) is 14.9. The van der Waals surface area contributed by atoms with E-state index in [1.165, 1.54) is 16.8 Å². The van der Waals surface area contributed by atoms with Gasteiger partial charge in [-0.1, -0.05) is 0 Å². The van der Waals surface area contributed by atoms with Gasteiger partial charge >= 0.3 is 0 Å². The number of anilines is 1. The molecule has 3 heterocycles. The maximum absolute atomic E-state index is 13.9. The first-order valence-corrected chi connectivity index (χ1v) is 8.95. The largest absolute Gasteiger partial charge is 0.469 e. The summed E-state index contributed by atoms with van der Waals surface area (Å²) in [5.74, 6) is 0.0609. The topological polar surface area (TPSA) is 73.0 Å². The minimum atomic E-state index is -0.734. The van der Waals surface area contributed by atoms with Crippen molar-refractivity contribution in [3.05, 3.63) is 76.6 Å². The van der Waals surface area contributed by atoms with E-state index in [2.05, 4.69) is 15.4 Å². The molecule has 2 aromatic heterocycles. The van der Waals surface area contributed by atoms with Crippen LogP contribution in [0.5, 0.6) is 0 Å². The second-order valence-electron chi connectivity index (χ2n) is 7.09. The number of carbonyl (C=O) groups excluding carboxylic acids is 1. The summed E-state index contributed by atoms with van der Waals surface area (Å²) < 4.78 is 34.8. The summed E-state index contributed by atoms with van der Waals surface area (Å²) in [6.45, 7) is 1.72. The smallest absolute Gasteiger partial charge is 0.226 e. The van der Waals surface area contributed by atoms with Crippen LogP contribution in [0.15, 0.2) is 52.3 Å². The molecule has 0 saturated heterocycles. The highest BCUT2D eigenvalue weighted by Gasteiger charge is 2.40. The molecule has 2 aliphatic rings. The number of nitrogens with zero attached hydrogens (tertiary/aromatic N) is 3. The van der Waals surface area contributed by atoms with E-state index in [0.29, 0.717) is 35.0 Å². The number of benzene rings is 1. The van der Waals surface area contributed by atoms with E-state index in [-0.39, 0.29) is 18.1 Å². The molecule has 8 heteroatoms. The Bertz CT molecular complexity index is 1100. The third-order valence-electron chi connectivity index (χ3n) is 5.17. The highest BCUT2D eigenvalue weighted by molar-refractivity contribution is 6.00. The number of fused-ring (bicyclic) bond motifs is 1. The van der Waals surface area contributed by atoms with E-state index in [4.69, 9.17) is 4.42 Å². The molecule has 0 fully saturated rings. The molecule has 1 N–H and O–H groups in total. The SMILES string of the molecule is Cc1nc2n(n1)[C@@H](c1cc(F)cc(F)c1)C1=C(C[C@@H](c3ccco3)CC1=O)N2. The third-order valence-corrected chi connectivity index (χ3v) is 5.17. The van der Waals surface area contributed by atoms with E-state index in [1.807, 2.05) is 6.07 Å². The van der Waals surface area contributed by atoms with Crippen LogP contribution in [-0.4, -0.2) is 20.5 Å². The lowest BCUT2D eigenvalue weighted by Crippen LogP contribution is -2.33. The van der Waals surface area contributed by atoms with Crippen molar-refractivity contribution >= 4 is 11.7 Å². The van der Waals surface area contributed by atoms with Crippen molar-refractivity contribution in [2.45, 2.75) is 31.7 Å². The number of hydrogen-bond acceptors (Lipinski definition) is 5. The van der Waals surface area contributed by atoms with Gasteiger partial charge in [-0.15, -0.1) is 0 Å². The summed E-state index contributed by atoms with van der Waals surface area (Å²) in [5, 5.41) is 7.55. The Morgan fingerprint density at radius 3 is 2.71 bits per heavy atom. The first-order chi connectivity index (χ1) is 13.5. The van der Waals surface area contributed by atoms with Crippen molar-refractivity contribution in [1.29, 1.82) is 0 Å². The Balaban J connectivity index is 1.66. The fourth-order valence-corrected chi connectivity index (χ4v) is 4.08. The van der Waals surface area contributed by atoms with Gasteiger partial charge in [-0.25, -0.2) is 13.5 Å². The summed E-state index contributed by atoms with van der Waals surface area (Å²) in [7, 11) is 0. The van der Waals surface area contributed by atoms with Crippen LogP contribution in [-0.2, 0) is 4.79 Å². The molecule has 1 aromatic carbocycles. The zero-order valence-corrected chi connectivity index (χ0v) is 14.9. The molecule has 28 heavy (non-hydrogen) atoms. The summed E-state index contributed by atoms with van der Waals surface area (Å²) >= 11 is 0. The number of aryl methyl sites for hydroxylation is 1. The summed E-state index contributed by atoms with van der Waals surface area (Å²) in [5.41, 5.74) is 1.47. The molecule has 0 radical (unpaired) electrons. The number of furan rings is 1. The van der Waals surface area contributed by atoms with Crippen molar-refractivity contribution in [3.8, 4) is 0 Å². The molecule has 0 amide bonds. The Hall–Kier alpha value is -3.29.